The zero-order valence-electron chi connectivity index (χ0n) is 10.6. The van der Waals surface area contributed by atoms with Crippen LogP contribution < -0.4 is 15.2 Å². The molecule has 0 bridgehead atoms. The van der Waals surface area contributed by atoms with Crippen LogP contribution >= 0.6 is 11.6 Å². The van der Waals surface area contributed by atoms with Crippen molar-refractivity contribution in [3.05, 3.63) is 47.0 Å². The summed E-state index contributed by atoms with van der Waals surface area (Å²) in [5.74, 6) is 1.58. The van der Waals surface area contributed by atoms with Crippen LogP contribution in [0, 0.1) is 0 Å². The van der Waals surface area contributed by atoms with Crippen LogP contribution in [0.5, 0.6) is 17.5 Å². The van der Waals surface area contributed by atoms with E-state index in [1.54, 1.807) is 24.3 Å². The number of hydrogen-bond donors (Lipinski definition) is 1. The number of nitrogens with two attached hydrogens (primary N) is 1. The lowest BCUT2D eigenvalue weighted by Gasteiger charge is -2.10. The first-order valence-electron chi connectivity index (χ1n) is 5.99. The van der Waals surface area contributed by atoms with Gasteiger partial charge in [-0.1, -0.05) is 23.7 Å². The van der Waals surface area contributed by atoms with Crippen LogP contribution in [0.2, 0.25) is 5.02 Å². The van der Waals surface area contributed by atoms with Crippen LogP contribution in [0.15, 0.2) is 36.4 Å². The van der Waals surface area contributed by atoms with Crippen molar-refractivity contribution in [3.8, 4) is 17.5 Å². The molecule has 0 spiro atoms. The van der Waals surface area contributed by atoms with Crippen molar-refractivity contribution in [1.29, 1.82) is 0 Å². The maximum absolute atomic E-state index is 5.96. The Morgan fingerprint density at radius 3 is 2.74 bits per heavy atom. The van der Waals surface area contributed by atoms with E-state index >= 15 is 0 Å². The predicted molar refractivity (Wildman–Crippen MR) is 74.8 cm³/mol. The molecule has 0 saturated carbocycles. The van der Waals surface area contributed by atoms with Crippen molar-refractivity contribution in [1.82, 2.24) is 4.98 Å². The minimum Gasteiger partial charge on any atom is -0.478 e. The maximum Gasteiger partial charge on any atom is 0.222 e. The fraction of sp³-hybridized carbons (Fsp3) is 0.214. The summed E-state index contributed by atoms with van der Waals surface area (Å²) in [7, 11) is 0. The third kappa shape index (κ3) is 3.59. The zero-order chi connectivity index (χ0) is 13.7. The Morgan fingerprint density at radius 2 is 2.00 bits per heavy atom. The number of pyridine rings is 1. The van der Waals surface area contributed by atoms with Gasteiger partial charge in [0.05, 0.1) is 6.61 Å². The van der Waals surface area contributed by atoms with E-state index in [1.807, 2.05) is 19.1 Å². The predicted octanol–water partition coefficient (Wildman–Crippen LogP) is 3.38. The molecule has 100 valence electrons. The average molecular weight is 279 g/mol. The van der Waals surface area contributed by atoms with Gasteiger partial charge in [-0.15, -0.1) is 0 Å². The molecule has 1 aromatic carbocycles. The smallest absolute Gasteiger partial charge is 0.222 e. The summed E-state index contributed by atoms with van der Waals surface area (Å²) >= 11 is 5.96. The van der Waals surface area contributed by atoms with E-state index in [4.69, 9.17) is 26.8 Å². The van der Waals surface area contributed by atoms with Crippen LogP contribution in [-0.2, 0) is 6.54 Å². The molecule has 5 heteroatoms. The van der Waals surface area contributed by atoms with Gasteiger partial charge >= 0.3 is 0 Å². The first kappa shape index (κ1) is 13.6. The number of rotatable bonds is 5. The molecule has 0 atom stereocenters. The van der Waals surface area contributed by atoms with Crippen molar-refractivity contribution in [3.63, 3.8) is 0 Å². The van der Waals surface area contributed by atoms with Gasteiger partial charge in [0.15, 0.2) is 0 Å². The number of benzene rings is 1. The molecule has 1 aromatic heterocycles. The van der Waals surface area contributed by atoms with Crippen LogP contribution in [0.4, 0.5) is 0 Å². The van der Waals surface area contributed by atoms with Gasteiger partial charge in [0, 0.05) is 29.3 Å². The van der Waals surface area contributed by atoms with Crippen LogP contribution in [0.1, 0.15) is 12.5 Å². The summed E-state index contributed by atoms with van der Waals surface area (Å²) in [6, 6.07) is 10.7. The minimum atomic E-state index is 0.373. The van der Waals surface area contributed by atoms with Gasteiger partial charge in [0.2, 0.25) is 11.8 Å². The summed E-state index contributed by atoms with van der Waals surface area (Å²) in [4.78, 5) is 4.23. The second kappa shape index (κ2) is 6.41. The first-order chi connectivity index (χ1) is 9.22. The third-order valence-corrected chi connectivity index (χ3v) is 2.69. The number of aromatic nitrogens is 1. The van der Waals surface area contributed by atoms with E-state index in [0.717, 1.165) is 5.56 Å². The van der Waals surface area contributed by atoms with E-state index in [9.17, 15) is 0 Å². The third-order valence-electron chi connectivity index (χ3n) is 2.45. The average Bonchev–Trinajstić information content (AvgIpc) is 2.40. The molecule has 0 aliphatic heterocycles. The standard InChI is InChI=1S/C14H15ClN2O2/c1-2-18-13-4-3-5-14(17-13)19-12-8-11(15)7-6-10(12)9-16/h3-8H,2,9,16H2,1H3. The summed E-state index contributed by atoms with van der Waals surface area (Å²) in [5.41, 5.74) is 6.53. The van der Waals surface area contributed by atoms with Crippen molar-refractivity contribution in [2.45, 2.75) is 13.5 Å². The Hall–Kier alpha value is -1.78. The van der Waals surface area contributed by atoms with Gasteiger partial charge in [-0.3, -0.25) is 0 Å². The molecule has 4 nitrogen and oxygen atoms in total. The second-order valence-corrected chi connectivity index (χ2v) is 4.24. The van der Waals surface area contributed by atoms with Gasteiger partial charge in [-0.05, 0) is 19.1 Å². The molecule has 19 heavy (non-hydrogen) atoms. The van der Waals surface area contributed by atoms with Crippen LogP contribution in [-0.4, -0.2) is 11.6 Å². The molecule has 0 fully saturated rings. The second-order valence-electron chi connectivity index (χ2n) is 3.81. The molecule has 0 radical (unpaired) electrons. The monoisotopic (exact) mass is 278 g/mol. The van der Waals surface area contributed by atoms with Crippen LogP contribution in [0.25, 0.3) is 0 Å². The quantitative estimate of drug-likeness (QED) is 0.911. The summed E-state index contributed by atoms with van der Waals surface area (Å²) in [6.45, 7) is 2.83. The van der Waals surface area contributed by atoms with Gasteiger partial charge in [-0.25, -0.2) is 0 Å². The highest BCUT2D eigenvalue weighted by Crippen LogP contribution is 2.28. The highest BCUT2D eigenvalue weighted by Gasteiger charge is 2.06. The molecule has 2 N–H and O–H groups in total. The molecule has 0 amide bonds. The molecule has 0 aliphatic rings. The molecule has 0 unspecified atom stereocenters. The largest absolute Gasteiger partial charge is 0.478 e. The minimum absolute atomic E-state index is 0.373. The van der Waals surface area contributed by atoms with Crippen molar-refractivity contribution in [2.75, 3.05) is 6.61 Å². The fourth-order valence-electron chi connectivity index (χ4n) is 1.59. The van der Waals surface area contributed by atoms with E-state index in [1.165, 1.54) is 0 Å². The Morgan fingerprint density at radius 1 is 1.21 bits per heavy atom. The van der Waals surface area contributed by atoms with Gasteiger partial charge in [-0.2, -0.15) is 4.98 Å². The zero-order valence-corrected chi connectivity index (χ0v) is 11.4. The highest BCUT2D eigenvalue weighted by molar-refractivity contribution is 6.30. The normalized spacial score (nSPS) is 10.3. The van der Waals surface area contributed by atoms with Crippen molar-refractivity contribution >= 4 is 11.6 Å². The summed E-state index contributed by atoms with van der Waals surface area (Å²) < 4.78 is 11.0. The van der Waals surface area contributed by atoms with E-state index in [-0.39, 0.29) is 0 Å². The molecule has 0 aliphatic carbocycles. The lowest BCUT2D eigenvalue weighted by Crippen LogP contribution is -2.00. The number of hydrogen-bond acceptors (Lipinski definition) is 4. The molecule has 0 saturated heterocycles. The lowest BCUT2D eigenvalue weighted by molar-refractivity contribution is 0.321. The molecule has 2 rings (SSSR count). The topological polar surface area (TPSA) is 57.4 Å². The van der Waals surface area contributed by atoms with Crippen molar-refractivity contribution < 1.29 is 9.47 Å². The number of ether oxygens (including phenoxy) is 2. The molecule has 2 aromatic rings. The van der Waals surface area contributed by atoms with E-state index in [0.29, 0.717) is 35.7 Å². The van der Waals surface area contributed by atoms with Gasteiger partial charge in [0.1, 0.15) is 5.75 Å². The lowest BCUT2D eigenvalue weighted by atomic mass is 10.2. The van der Waals surface area contributed by atoms with E-state index < -0.39 is 0 Å². The first-order valence-corrected chi connectivity index (χ1v) is 6.37. The summed E-state index contributed by atoms with van der Waals surface area (Å²) in [5, 5.41) is 0.591. The Labute approximate surface area is 117 Å². The Kier molecular flexibility index (Phi) is 4.60. The summed E-state index contributed by atoms with van der Waals surface area (Å²) in [6.07, 6.45) is 0. The maximum atomic E-state index is 5.96. The number of nitrogens with zero attached hydrogens (tertiary/aromatic N) is 1. The fourth-order valence-corrected chi connectivity index (χ4v) is 1.75. The Balaban J connectivity index is 2.25. The van der Waals surface area contributed by atoms with Crippen LogP contribution in [0.3, 0.4) is 0 Å². The Bertz CT molecular complexity index is 561. The highest BCUT2D eigenvalue weighted by atomic mass is 35.5. The van der Waals surface area contributed by atoms with Gasteiger partial charge in [0.25, 0.3) is 0 Å². The number of halogens is 1. The van der Waals surface area contributed by atoms with Gasteiger partial charge < -0.3 is 15.2 Å². The molecule has 1 heterocycles. The SMILES string of the molecule is CCOc1cccc(Oc2cc(Cl)ccc2CN)n1. The molecular formula is C14H15ClN2O2. The van der Waals surface area contributed by atoms with Crippen molar-refractivity contribution in [2.24, 2.45) is 5.73 Å². The van der Waals surface area contributed by atoms with E-state index in [2.05, 4.69) is 4.98 Å². The molecular weight excluding hydrogens is 264 g/mol.